The van der Waals surface area contributed by atoms with Gasteiger partial charge in [-0.05, 0) is 24.7 Å². The first-order chi connectivity index (χ1) is 13.2. The minimum absolute atomic E-state index is 0.0505. The first-order valence-corrected chi connectivity index (χ1v) is 9.88. The van der Waals surface area contributed by atoms with E-state index in [1.165, 1.54) is 27.7 Å². The Morgan fingerprint density at radius 2 is 0.714 bits per heavy atom. The predicted molar refractivity (Wildman–Crippen MR) is 92.4 cm³/mol. The molecule has 0 amide bonds. The summed E-state index contributed by atoms with van der Waals surface area (Å²) in [6, 6.07) is 0. The monoisotopic (exact) mass is 394 g/mol. The van der Waals surface area contributed by atoms with Gasteiger partial charge in [-0.15, -0.1) is 0 Å². The highest BCUT2D eigenvalue weighted by Gasteiger charge is 2.73. The van der Waals surface area contributed by atoms with Crippen LogP contribution in [-0.2, 0) is 38.1 Å². The molecule has 4 rings (SSSR count). The third-order valence-corrected chi connectivity index (χ3v) is 7.05. The van der Waals surface area contributed by atoms with Crippen molar-refractivity contribution in [1.29, 1.82) is 0 Å². The maximum atomic E-state index is 11.7. The van der Waals surface area contributed by atoms with Crippen LogP contribution in [0.1, 0.15) is 40.5 Å². The van der Waals surface area contributed by atoms with E-state index in [0.717, 1.165) is 12.8 Å². The molecule has 4 fully saturated rings. The zero-order chi connectivity index (χ0) is 20.3. The van der Waals surface area contributed by atoms with Crippen molar-refractivity contribution in [1.82, 2.24) is 0 Å². The van der Waals surface area contributed by atoms with E-state index >= 15 is 0 Å². The molecule has 8 heteroatoms. The number of hydrogen-bond acceptors (Lipinski definition) is 8. The van der Waals surface area contributed by atoms with Gasteiger partial charge in [0, 0.05) is 51.4 Å². The van der Waals surface area contributed by atoms with Crippen LogP contribution in [0.25, 0.3) is 0 Å². The summed E-state index contributed by atoms with van der Waals surface area (Å²) in [7, 11) is 0. The quantitative estimate of drug-likeness (QED) is 0.398. The first kappa shape index (κ1) is 19.2. The van der Waals surface area contributed by atoms with Crippen LogP contribution in [-0.4, -0.2) is 48.3 Å². The van der Waals surface area contributed by atoms with E-state index in [9.17, 15) is 19.2 Å². The van der Waals surface area contributed by atoms with Gasteiger partial charge in [-0.1, -0.05) is 0 Å². The summed E-state index contributed by atoms with van der Waals surface area (Å²) in [5, 5.41) is 0. The molecule has 4 bridgehead atoms. The van der Waals surface area contributed by atoms with Gasteiger partial charge in [0.25, 0.3) is 0 Å². The molecule has 0 aromatic heterocycles. The molecule has 0 radical (unpaired) electrons. The molecular weight excluding hydrogens is 368 g/mol. The van der Waals surface area contributed by atoms with Crippen LogP contribution in [0.4, 0.5) is 0 Å². The highest BCUT2D eigenvalue weighted by Crippen LogP contribution is 2.69. The van der Waals surface area contributed by atoms with Gasteiger partial charge in [0.1, 0.15) is 24.4 Å². The Labute approximate surface area is 163 Å². The van der Waals surface area contributed by atoms with Crippen molar-refractivity contribution >= 4 is 23.9 Å². The highest BCUT2D eigenvalue weighted by atomic mass is 16.6. The topological polar surface area (TPSA) is 105 Å². The predicted octanol–water partition coefficient (Wildman–Crippen LogP) is 1.24. The van der Waals surface area contributed by atoms with Crippen molar-refractivity contribution in [3.63, 3.8) is 0 Å². The van der Waals surface area contributed by atoms with Crippen molar-refractivity contribution in [2.75, 3.05) is 0 Å². The summed E-state index contributed by atoms with van der Waals surface area (Å²) in [5.74, 6) is -1.00. The van der Waals surface area contributed by atoms with Crippen LogP contribution in [0.5, 0.6) is 0 Å². The van der Waals surface area contributed by atoms with E-state index < -0.39 is 48.3 Å². The molecule has 154 valence electrons. The van der Waals surface area contributed by atoms with Crippen molar-refractivity contribution in [2.45, 2.75) is 65.0 Å². The fourth-order valence-corrected chi connectivity index (χ4v) is 6.81. The molecule has 0 aromatic rings. The standard InChI is InChI=1S/C20H26O8/c1-7(21)25-17-11-5-12(18(17)26-8(2)22)16-14-6-13(15(11)16)19(27-9(3)23)20(14)28-10(4)24/h11-20H,5-6H2,1-4H3/t11-,12+,13-,14+,15?,16?,17-,18+,19-,20+. The molecule has 0 heterocycles. The third-order valence-electron chi connectivity index (χ3n) is 7.05. The molecule has 4 aliphatic rings. The van der Waals surface area contributed by atoms with E-state index in [-0.39, 0.29) is 35.5 Å². The lowest BCUT2D eigenvalue weighted by Crippen LogP contribution is -2.54. The van der Waals surface area contributed by atoms with Gasteiger partial charge in [0.05, 0.1) is 0 Å². The van der Waals surface area contributed by atoms with E-state index in [0.29, 0.717) is 0 Å². The molecule has 0 unspecified atom stereocenters. The molecule has 4 aliphatic carbocycles. The Kier molecular flexibility index (Phi) is 4.62. The molecule has 8 atom stereocenters. The second-order valence-corrected chi connectivity index (χ2v) is 8.58. The van der Waals surface area contributed by atoms with Crippen molar-refractivity contribution in [3.05, 3.63) is 0 Å². The largest absolute Gasteiger partial charge is 0.458 e. The maximum absolute atomic E-state index is 11.7. The summed E-state index contributed by atoms with van der Waals surface area (Å²) >= 11 is 0. The minimum atomic E-state index is -0.475. The zero-order valence-corrected chi connectivity index (χ0v) is 16.5. The Hall–Kier alpha value is -2.12. The molecule has 28 heavy (non-hydrogen) atoms. The molecule has 0 spiro atoms. The number of carbonyl (C=O) groups excluding carboxylic acids is 4. The van der Waals surface area contributed by atoms with Crippen molar-refractivity contribution in [2.24, 2.45) is 35.5 Å². The van der Waals surface area contributed by atoms with Crippen LogP contribution in [0.15, 0.2) is 0 Å². The van der Waals surface area contributed by atoms with Gasteiger partial charge in [-0.2, -0.15) is 0 Å². The Balaban J connectivity index is 1.64. The lowest BCUT2D eigenvalue weighted by Gasteiger charge is -2.45. The van der Waals surface area contributed by atoms with Gasteiger partial charge in [0.2, 0.25) is 0 Å². The van der Waals surface area contributed by atoms with Gasteiger partial charge in [0.15, 0.2) is 0 Å². The van der Waals surface area contributed by atoms with Gasteiger partial charge in [-0.25, -0.2) is 0 Å². The van der Waals surface area contributed by atoms with E-state index in [4.69, 9.17) is 18.9 Å². The fraction of sp³-hybridized carbons (Fsp3) is 0.800. The Morgan fingerprint density at radius 3 is 0.893 bits per heavy atom. The number of fused-ring (bicyclic) bond motifs is 9. The number of ether oxygens (including phenoxy) is 4. The smallest absolute Gasteiger partial charge is 0.303 e. The van der Waals surface area contributed by atoms with Crippen LogP contribution < -0.4 is 0 Å². The second-order valence-electron chi connectivity index (χ2n) is 8.58. The Morgan fingerprint density at radius 1 is 0.500 bits per heavy atom. The number of hydrogen-bond donors (Lipinski definition) is 0. The van der Waals surface area contributed by atoms with Crippen LogP contribution >= 0.6 is 0 Å². The summed E-state index contributed by atoms with van der Waals surface area (Å²) in [5.41, 5.74) is 0. The summed E-state index contributed by atoms with van der Waals surface area (Å²) in [6.07, 6.45) is -0.320. The molecule has 8 nitrogen and oxygen atoms in total. The Bertz CT molecular complexity index is 601. The SMILES string of the molecule is CC(=O)O[C@@H]1[C@H](OC(C)=O)[C@@H]2C[C@H]1C1C2[C@H]2C[C@@H]1[C@H](OC(C)=O)[C@@H]2OC(C)=O. The first-order valence-electron chi connectivity index (χ1n) is 9.88. The molecule has 0 aliphatic heterocycles. The van der Waals surface area contributed by atoms with Crippen molar-refractivity contribution in [3.8, 4) is 0 Å². The fourth-order valence-electron chi connectivity index (χ4n) is 6.81. The average Bonchev–Trinajstić information content (AvgIpc) is 3.26. The number of rotatable bonds is 4. The molecule has 0 N–H and O–H groups in total. The highest BCUT2D eigenvalue weighted by molar-refractivity contribution is 5.68. The summed E-state index contributed by atoms with van der Waals surface area (Å²) in [4.78, 5) is 46.6. The number of carbonyl (C=O) groups is 4. The summed E-state index contributed by atoms with van der Waals surface area (Å²) < 4.78 is 22.3. The lowest BCUT2D eigenvalue weighted by atomic mass is 9.67. The number of esters is 4. The van der Waals surface area contributed by atoms with Crippen LogP contribution in [0.2, 0.25) is 0 Å². The van der Waals surface area contributed by atoms with Crippen molar-refractivity contribution < 1.29 is 38.1 Å². The third kappa shape index (κ3) is 2.88. The average molecular weight is 394 g/mol. The zero-order valence-electron chi connectivity index (χ0n) is 16.5. The van der Waals surface area contributed by atoms with Gasteiger partial charge >= 0.3 is 23.9 Å². The lowest BCUT2D eigenvalue weighted by molar-refractivity contribution is -0.192. The van der Waals surface area contributed by atoms with E-state index in [2.05, 4.69) is 0 Å². The van der Waals surface area contributed by atoms with Gasteiger partial charge < -0.3 is 18.9 Å². The van der Waals surface area contributed by atoms with Crippen LogP contribution in [0, 0.1) is 35.5 Å². The minimum Gasteiger partial charge on any atom is -0.458 e. The van der Waals surface area contributed by atoms with E-state index in [1.54, 1.807) is 0 Å². The maximum Gasteiger partial charge on any atom is 0.303 e. The van der Waals surface area contributed by atoms with E-state index in [1.807, 2.05) is 0 Å². The molecule has 4 saturated carbocycles. The molecular formula is C20H26O8. The summed E-state index contributed by atoms with van der Waals surface area (Å²) in [6.45, 7) is 5.42. The normalized spacial score (nSPS) is 44.7. The van der Waals surface area contributed by atoms with Crippen LogP contribution in [0.3, 0.4) is 0 Å². The van der Waals surface area contributed by atoms with Gasteiger partial charge in [-0.3, -0.25) is 19.2 Å². The second kappa shape index (κ2) is 6.74. The molecule has 0 saturated heterocycles. The molecule has 0 aromatic carbocycles.